The van der Waals surface area contributed by atoms with E-state index >= 15 is 0 Å². The monoisotopic (exact) mass is 420 g/mol. The maximum absolute atomic E-state index is 12.6. The van der Waals surface area contributed by atoms with Crippen molar-refractivity contribution in [2.45, 2.75) is 37.8 Å². The molecule has 148 valence electrons. The Morgan fingerprint density at radius 3 is 2.57 bits per heavy atom. The van der Waals surface area contributed by atoms with Crippen LogP contribution in [0.5, 0.6) is 0 Å². The molecule has 2 rings (SSSR count). The fourth-order valence-corrected chi connectivity index (χ4v) is 4.54. The van der Waals surface area contributed by atoms with E-state index < -0.39 is 27.0 Å². The van der Waals surface area contributed by atoms with E-state index in [0.29, 0.717) is 5.56 Å². The number of anilines is 1. The zero-order valence-corrected chi connectivity index (χ0v) is 17.5. The second-order valence-electron chi connectivity index (χ2n) is 6.17. The van der Waals surface area contributed by atoms with Crippen LogP contribution in [-0.4, -0.2) is 32.2 Å². The number of esters is 1. The maximum atomic E-state index is 12.6. The van der Waals surface area contributed by atoms with Gasteiger partial charge in [0.05, 0.1) is 22.3 Å². The first kappa shape index (κ1) is 21.6. The molecule has 7 nitrogen and oxygen atoms in total. The van der Waals surface area contributed by atoms with E-state index in [9.17, 15) is 23.3 Å². The lowest BCUT2D eigenvalue weighted by Gasteiger charge is -2.09. The van der Waals surface area contributed by atoms with Crippen LogP contribution < -0.4 is 5.32 Å². The molecular formula is C19H20N2O5S2. The quantitative estimate of drug-likeness (QED) is 0.715. The number of hydrogen-bond donors (Lipinski definition) is 1. The van der Waals surface area contributed by atoms with Crippen molar-refractivity contribution in [1.82, 2.24) is 0 Å². The van der Waals surface area contributed by atoms with Gasteiger partial charge in [-0.1, -0.05) is 6.07 Å². The van der Waals surface area contributed by atoms with Crippen LogP contribution in [0.4, 0.5) is 5.00 Å². The van der Waals surface area contributed by atoms with Gasteiger partial charge < -0.3 is 10.1 Å². The molecule has 0 fully saturated rings. The van der Waals surface area contributed by atoms with Gasteiger partial charge in [-0.3, -0.25) is 4.79 Å². The van der Waals surface area contributed by atoms with Crippen LogP contribution in [0, 0.1) is 18.3 Å². The number of nitriles is 1. The highest BCUT2D eigenvalue weighted by molar-refractivity contribution is 7.92. The summed E-state index contributed by atoms with van der Waals surface area (Å²) in [4.78, 5) is 24.9. The van der Waals surface area contributed by atoms with Gasteiger partial charge in [-0.2, -0.15) is 5.26 Å². The van der Waals surface area contributed by atoms with Crippen molar-refractivity contribution in [3.8, 4) is 6.07 Å². The molecule has 0 aliphatic carbocycles. The molecule has 0 saturated carbocycles. The van der Waals surface area contributed by atoms with Gasteiger partial charge in [0.1, 0.15) is 15.9 Å². The van der Waals surface area contributed by atoms with E-state index in [4.69, 9.17) is 4.74 Å². The van der Waals surface area contributed by atoms with E-state index in [1.165, 1.54) is 24.3 Å². The van der Waals surface area contributed by atoms with Crippen molar-refractivity contribution in [2.24, 2.45) is 0 Å². The van der Waals surface area contributed by atoms with Gasteiger partial charge in [0.25, 0.3) is 5.91 Å². The number of sulfone groups is 1. The first-order valence-corrected chi connectivity index (χ1v) is 10.9. The molecule has 1 amide bonds. The predicted molar refractivity (Wildman–Crippen MR) is 106 cm³/mol. The highest BCUT2D eigenvalue weighted by atomic mass is 32.2. The smallest absolute Gasteiger partial charge is 0.348 e. The minimum atomic E-state index is -3.53. The molecule has 1 N–H and O–H groups in total. The van der Waals surface area contributed by atoms with Gasteiger partial charge in [-0.05, 0) is 51.5 Å². The molecule has 1 aromatic carbocycles. The molecule has 2 aromatic rings. The zero-order chi connectivity index (χ0) is 21.1. The van der Waals surface area contributed by atoms with E-state index in [0.717, 1.165) is 11.3 Å². The second kappa shape index (κ2) is 8.54. The van der Waals surface area contributed by atoms with Gasteiger partial charge in [0.15, 0.2) is 9.84 Å². The summed E-state index contributed by atoms with van der Waals surface area (Å²) in [5.41, 5.74) is 0.735. The van der Waals surface area contributed by atoms with E-state index in [1.54, 1.807) is 27.7 Å². The van der Waals surface area contributed by atoms with Crippen molar-refractivity contribution in [1.29, 1.82) is 5.26 Å². The molecule has 9 heteroatoms. The number of benzene rings is 1. The molecule has 0 unspecified atom stereocenters. The number of carbonyl (C=O) groups is 2. The summed E-state index contributed by atoms with van der Waals surface area (Å²) in [7, 11) is -3.53. The third-order valence-corrected chi connectivity index (χ3v) is 7.33. The Kier molecular flexibility index (Phi) is 6.59. The molecule has 0 spiro atoms. The minimum absolute atomic E-state index is 0.0465. The van der Waals surface area contributed by atoms with Crippen LogP contribution >= 0.6 is 11.3 Å². The van der Waals surface area contributed by atoms with Crippen molar-refractivity contribution < 1.29 is 22.7 Å². The molecule has 0 bridgehead atoms. The molecule has 1 aromatic heterocycles. The summed E-state index contributed by atoms with van der Waals surface area (Å²) in [6, 6.07) is 7.67. The van der Waals surface area contributed by atoms with Crippen LogP contribution in [0.15, 0.2) is 29.2 Å². The summed E-state index contributed by atoms with van der Waals surface area (Å²) in [6.07, 6.45) is 0. The largest absolute Gasteiger partial charge is 0.462 e. The number of amides is 1. The summed E-state index contributed by atoms with van der Waals surface area (Å²) in [6.45, 7) is 6.59. The highest BCUT2D eigenvalue weighted by Gasteiger charge is 2.24. The minimum Gasteiger partial charge on any atom is -0.462 e. The maximum Gasteiger partial charge on any atom is 0.348 e. The van der Waals surface area contributed by atoms with Gasteiger partial charge in [-0.25, -0.2) is 13.2 Å². The van der Waals surface area contributed by atoms with Crippen molar-refractivity contribution in [2.75, 3.05) is 11.9 Å². The van der Waals surface area contributed by atoms with Crippen LogP contribution in [0.3, 0.4) is 0 Å². The third kappa shape index (κ3) is 4.24. The standard InChI is InChI=1S/C19H20N2O5S2/c1-5-26-19(23)16-12(4)15(10-20)18(27-16)21-17(22)13-7-6-8-14(9-13)28(24,25)11(2)3/h6-9,11H,5H2,1-4H3,(H,21,22). The number of nitrogens with zero attached hydrogens (tertiary/aromatic N) is 1. The first-order chi connectivity index (χ1) is 13.1. The van der Waals surface area contributed by atoms with Gasteiger partial charge in [-0.15, -0.1) is 11.3 Å². The Morgan fingerprint density at radius 2 is 2.00 bits per heavy atom. The van der Waals surface area contributed by atoms with E-state index in [2.05, 4.69) is 5.32 Å². The Hall–Kier alpha value is -2.70. The van der Waals surface area contributed by atoms with Crippen LogP contribution in [-0.2, 0) is 14.6 Å². The third-order valence-electron chi connectivity index (χ3n) is 3.99. The molecule has 0 aliphatic heterocycles. The van der Waals surface area contributed by atoms with Crippen LogP contribution in [0.2, 0.25) is 0 Å². The average molecular weight is 421 g/mol. The highest BCUT2D eigenvalue weighted by Crippen LogP contribution is 2.33. The Labute approximate surface area is 167 Å². The Morgan fingerprint density at radius 1 is 1.32 bits per heavy atom. The summed E-state index contributed by atoms with van der Waals surface area (Å²) in [5.74, 6) is -1.14. The zero-order valence-electron chi connectivity index (χ0n) is 15.9. The SMILES string of the molecule is CCOC(=O)c1sc(NC(=O)c2cccc(S(=O)(=O)C(C)C)c2)c(C#N)c1C. The summed E-state index contributed by atoms with van der Waals surface area (Å²) >= 11 is 0.949. The number of nitrogens with one attached hydrogen (secondary N) is 1. The van der Waals surface area contributed by atoms with Crippen LogP contribution in [0.1, 0.15) is 51.9 Å². The lowest BCUT2D eigenvalue weighted by atomic mass is 10.1. The molecule has 0 radical (unpaired) electrons. The van der Waals surface area contributed by atoms with Crippen molar-refractivity contribution in [3.05, 3.63) is 45.8 Å². The number of thiophene rings is 1. The fraction of sp³-hybridized carbons (Fsp3) is 0.316. The van der Waals surface area contributed by atoms with Gasteiger partial charge in [0, 0.05) is 5.56 Å². The van der Waals surface area contributed by atoms with Crippen LogP contribution in [0.25, 0.3) is 0 Å². The summed E-state index contributed by atoms with van der Waals surface area (Å²) in [5, 5.41) is 11.6. The molecule has 28 heavy (non-hydrogen) atoms. The fourth-order valence-electron chi connectivity index (χ4n) is 2.39. The lowest BCUT2D eigenvalue weighted by Crippen LogP contribution is -2.16. The average Bonchev–Trinajstić information content (AvgIpc) is 2.97. The van der Waals surface area contributed by atoms with Crippen molar-refractivity contribution >= 4 is 38.1 Å². The Balaban J connectivity index is 2.38. The molecule has 1 heterocycles. The van der Waals surface area contributed by atoms with Crippen molar-refractivity contribution in [3.63, 3.8) is 0 Å². The molecule has 0 saturated heterocycles. The van der Waals surface area contributed by atoms with Gasteiger partial charge in [0.2, 0.25) is 0 Å². The number of hydrogen-bond acceptors (Lipinski definition) is 7. The molecule has 0 atom stereocenters. The number of ether oxygens (including phenoxy) is 1. The summed E-state index contributed by atoms with van der Waals surface area (Å²) < 4.78 is 29.6. The molecule has 0 aliphatic rings. The lowest BCUT2D eigenvalue weighted by molar-refractivity contribution is 0.0531. The van der Waals surface area contributed by atoms with E-state index in [1.807, 2.05) is 6.07 Å². The molecular weight excluding hydrogens is 400 g/mol. The van der Waals surface area contributed by atoms with E-state index in [-0.39, 0.29) is 32.5 Å². The van der Waals surface area contributed by atoms with Gasteiger partial charge >= 0.3 is 5.97 Å². The Bertz CT molecular complexity index is 1060. The first-order valence-electron chi connectivity index (χ1n) is 8.49. The predicted octanol–water partition coefficient (Wildman–Crippen LogP) is 3.54. The number of rotatable bonds is 6. The number of carbonyl (C=O) groups excluding carboxylic acids is 2. The normalized spacial score (nSPS) is 11.1. The second-order valence-corrected chi connectivity index (χ2v) is 9.69. The topological polar surface area (TPSA) is 113 Å².